The molecule has 0 unspecified atom stereocenters. The summed E-state index contributed by atoms with van der Waals surface area (Å²) in [5, 5.41) is 0. The summed E-state index contributed by atoms with van der Waals surface area (Å²) in [5.41, 5.74) is 13.1. The number of amides is 3. The van der Waals surface area contributed by atoms with E-state index in [0.717, 1.165) is 24.0 Å². The second-order valence-corrected chi connectivity index (χ2v) is 6.40. The van der Waals surface area contributed by atoms with Crippen LogP contribution in [0.1, 0.15) is 33.6 Å². The van der Waals surface area contributed by atoms with Crippen molar-refractivity contribution in [3.8, 4) is 11.1 Å². The lowest BCUT2D eigenvalue weighted by atomic mass is 9.96. The number of likely N-dealkylation sites (tertiary alicyclic amines) is 1. The summed E-state index contributed by atoms with van der Waals surface area (Å²) in [4.78, 5) is 41.0. The molecule has 1 atom stereocenters. The first-order chi connectivity index (χ1) is 12.5. The van der Waals surface area contributed by atoms with Crippen molar-refractivity contribution in [3.63, 3.8) is 0 Å². The lowest BCUT2D eigenvalue weighted by Gasteiger charge is -2.31. The summed E-state index contributed by atoms with van der Waals surface area (Å²) in [6.07, 6.45) is 4.53. The van der Waals surface area contributed by atoms with Crippen LogP contribution in [-0.4, -0.2) is 40.7 Å². The van der Waals surface area contributed by atoms with Crippen molar-refractivity contribution in [2.24, 2.45) is 17.4 Å². The molecule has 26 heavy (non-hydrogen) atoms. The molecule has 1 aromatic carbocycles. The molecule has 2 aromatic rings. The molecule has 1 aliphatic heterocycles. The van der Waals surface area contributed by atoms with Crippen molar-refractivity contribution < 1.29 is 14.4 Å². The Bertz CT molecular complexity index is 848. The van der Waals surface area contributed by atoms with E-state index in [1.54, 1.807) is 41.4 Å². The van der Waals surface area contributed by atoms with E-state index in [0.29, 0.717) is 24.2 Å². The predicted molar refractivity (Wildman–Crippen MR) is 96.0 cm³/mol. The van der Waals surface area contributed by atoms with Gasteiger partial charge in [-0.15, -0.1) is 0 Å². The topological polar surface area (TPSA) is 119 Å². The maximum absolute atomic E-state index is 12.7. The van der Waals surface area contributed by atoms with Gasteiger partial charge in [-0.05, 0) is 36.6 Å². The summed E-state index contributed by atoms with van der Waals surface area (Å²) < 4.78 is 0. The third-order valence-electron chi connectivity index (χ3n) is 4.60. The molecule has 7 heteroatoms. The summed E-state index contributed by atoms with van der Waals surface area (Å²) in [7, 11) is 0. The molecule has 0 radical (unpaired) electrons. The molecule has 0 spiro atoms. The minimum atomic E-state index is -0.541. The van der Waals surface area contributed by atoms with Gasteiger partial charge in [-0.2, -0.15) is 0 Å². The van der Waals surface area contributed by atoms with Crippen LogP contribution < -0.4 is 11.5 Å². The van der Waals surface area contributed by atoms with Crippen LogP contribution in [0.2, 0.25) is 0 Å². The van der Waals surface area contributed by atoms with E-state index in [1.165, 1.54) is 6.20 Å². The number of aromatic nitrogens is 1. The standard InChI is InChI=1S/C19H20N4O3/c20-17(24)14-2-1-7-23(11-14)19(26)13-5-3-12(4-6-13)15-8-16(18(21)25)10-22-9-15/h3-6,8-10,14H,1-2,7,11H2,(H2,20,24)(H2,21,25)/t14-/m1/s1. The zero-order valence-corrected chi connectivity index (χ0v) is 14.2. The second kappa shape index (κ2) is 7.35. The Morgan fingerprint density at radius 1 is 1.00 bits per heavy atom. The lowest BCUT2D eigenvalue weighted by Crippen LogP contribution is -2.44. The van der Waals surface area contributed by atoms with Crippen LogP contribution in [0.4, 0.5) is 0 Å². The predicted octanol–water partition coefficient (Wildman–Crippen LogP) is 1.18. The largest absolute Gasteiger partial charge is 0.369 e. The van der Waals surface area contributed by atoms with Gasteiger partial charge in [-0.3, -0.25) is 19.4 Å². The van der Waals surface area contributed by atoms with Crippen LogP contribution in [0.15, 0.2) is 42.7 Å². The molecule has 0 aliphatic carbocycles. The molecule has 7 nitrogen and oxygen atoms in total. The van der Waals surface area contributed by atoms with E-state index in [4.69, 9.17) is 11.5 Å². The highest BCUT2D eigenvalue weighted by Crippen LogP contribution is 2.22. The number of hydrogen-bond donors (Lipinski definition) is 2. The highest BCUT2D eigenvalue weighted by atomic mass is 16.2. The molecule has 3 amide bonds. The number of nitrogens with two attached hydrogens (primary N) is 2. The molecule has 2 heterocycles. The Morgan fingerprint density at radius 2 is 1.73 bits per heavy atom. The van der Waals surface area contributed by atoms with Gasteiger partial charge in [-0.1, -0.05) is 12.1 Å². The van der Waals surface area contributed by atoms with Gasteiger partial charge in [-0.25, -0.2) is 0 Å². The van der Waals surface area contributed by atoms with Gasteiger partial charge in [0.2, 0.25) is 11.8 Å². The van der Waals surface area contributed by atoms with Crippen molar-refractivity contribution in [1.82, 2.24) is 9.88 Å². The molecule has 1 saturated heterocycles. The molecule has 4 N–H and O–H groups in total. The van der Waals surface area contributed by atoms with Crippen molar-refractivity contribution in [3.05, 3.63) is 53.9 Å². The zero-order chi connectivity index (χ0) is 18.7. The molecular weight excluding hydrogens is 332 g/mol. The molecular formula is C19H20N4O3. The summed E-state index contributed by atoms with van der Waals surface area (Å²) >= 11 is 0. The van der Waals surface area contributed by atoms with Crippen LogP contribution in [0.3, 0.4) is 0 Å². The third kappa shape index (κ3) is 3.72. The van der Waals surface area contributed by atoms with Crippen LogP contribution >= 0.6 is 0 Å². The zero-order valence-electron chi connectivity index (χ0n) is 14.2. The highest BCUT2D eigenvalue weighted by Gasteiger charge is 2.27. The fourth-order valence-electron chi connectivity index (χ4n) is 3.11. The summed E-state index contributed by atoms with van der Waals surface area (Å²) in [6.45, 7) is 0.982. The van der Waals surface area contributed by atoms with E-state index in [2.05, 4.69) is 4.98 Å². The van der Waals surface area contributed by atoms with E-state index in [-0.39, 0.29) is 17.7 Å². The van der Waals surface area contributed by atoms with E-state index >= 15 is 0 Å². The van der Waals surface area contributed by atoms with Crippen molar-refractivity contribution in [2.75, 3.05) is 13.1 Å². The minimum absolute atomic E-state index is 0.119. The van der Waals surface area contributed by atoms with E-state index in [1.807, 2.05) is 0 Å². The average molecular weight is 352 g/mol. The van der Waals surface area contributed by atoms with Gasteiger partial charge in [0.1, 0.15) is 0 Å². The SMILES string of the molecule is NC(=O)c1cncc(-c2ccc(C(=O)N3CCC[C@@H](C(N)=O)C3)cc2)c1. The second-order valence-electron chi connectivity index (χ2n) is 6.40. The monoisotopic (exact) mass is 352 g/mol. The Hall–Kier alpha value is -3.22. The smallest absolute Gasteiger partial charge is 0.253 e. The number of pyridine rings is 1. The highest BCUT2D eigenvalue weighted by molar-refractivity contribution is 5.96. The van der Waals surface area contributed by atoms with Crippen LogP contribution in [0, 0.1) is 5.92 Å². The van der Waals surface area contributed by atoms with Crippen LogP contribution in [-0.2, 0) is 4.79 Å². The first-order valence-corrected chi connectivity index (χ1v) is 8.39. The van der Waals surface area contributed by atoms with Gasteiger partial charge in [0, 0.05) is 36.6 Å². The van der Waals surface area contributed by atoms with E-state index < -0.39 is 5.91 Å². The molecule has 1 aliphatic rings. The number of carbonyl (C=O) groups is 3. The third-order valence-corrected chi connectivity index (χ3v) is 4.60. The average Bonchev–Trinajstić information content (AvgIpc) is 2.67. The number of nitrogens with zero attached hydrogens (tertiary/aromatic N) is 2. The Balaban J connectivity index is 1.77. The van der Waals surface area contributed by atoms with Gasteiger partial charge >= 0.3 is 0 Å². The Morgan fingerprint density at radius 3 is 2.38 bits per heavy atom. The number of hydrogen-bond acceptors (Lipinski definition) is 4. The lowest BCUT2D eigenvalue weighted by molar-refractivity contribution is -0.123. The Kier molecular flexibility index (Phi) is 4.97. The molecule has 1 fully saturated rings. The number of rotatable bonds is 4. The molecule has 3 rings (SSSR count). The minimum Gasteiger partial charge on any atom is -0.369 e. The fourth-order valence-corrected chi connectivity index (χ4v) is 3.11. The summed E-state index contributed by atoms with van der Waals surface area (Å²) in [5.74, 6) is -1.30. The van der Waals surface area contributed by atoms with Gasteiger partial charge in [0.25, 0.3) is 5.91 Å². The molecule has 0 saturated carbocycles. The van der Waals surface area contributed by atoms with Gasteiger partial charge in [0.05, 0.1) is 11.5 Å². The van der Waals surface area contributed by atoms with Gasteiger partial charge in [0.15, 0.2) is 0 Å². The Labute approximate surface area is 151 Å². The molecule has 134 valence electrons. The quantitative estimate of drug-likeness (QED) is 0.858. The first kappa shape index (κ1) is 17.6. The van der Waals surface area contributed by atoms with Crippen LogP contribution in [0.5, 0.6) is 0 Å². The fraction of sp³-hybridized carbons (Fsp3) is 0.263. The van der Waals surface area contributed by atoms with Crippen molar-refractivity contribution in [1.29, 1.82) is 0 Å². The molecule has 0 bridgehead atoms. The number of piperidine rings is 1. The number of primary amides is 2. The number of carbonyl (C=O) groups excluding carboxylic acids is 3. The summed E-state index contributed by atoms with van der Waals surface area (Å²) in [6, 6.07) is 8.70. The molecule has 1 aromatic heterocycles. The maximum Gasteiger partial charge on any atom is 0.253 e. The van der Waals surface area contributed by atoms with E-state index in [9.17, 15) is 14.4 Å². The van der Waals surface area contributed by atoms with Crippen molar-refractivity contribution >= 4 is 17.7 Å². The normalized spacial score (nSPS) is 16.9. The van der Waals surface area contributed by atoms with Gasteiger partial charge < -0.3 is 16.4 Å². The number of benzene rings is 1. The van der Waals surface area contributed by atoms with Crippen LogP contribution in [0.25, 0.3) is 11.1 Å². The maximum atomic E-state index is 12.7. The first-order valence-electron chi connectivity index (χ1n) is 8.39. The van der Waals surface area contributed by atoms with Crippen molar-refractivity contribution in [2.45, 2.75) is 12.8 Å².